The Balaban J connectivity index is 2.97. The molecule has 0 rings (SSSR count). The molecule has 0 aliphatic carbocycles. The fraction of sp³-hybridized carbons (Fsp3) is 0.833. The van der Waals surface area contributed by atoms with Crippen LogP contribution in [0.2, 0.25) is 0 Å². The summed E-state index contributed by atoms with van der Waals surface area (Å²) in [6.07, 6.45) is 4.25. The van der Waals surface area contributed by atoms with Crippen LogP contribution in [-0.2, 0) is 0 Å². The first-order valence-corrected chi connectivity index (χ1v) is 4.40. The van der Waals surface area contributed by atoms with Gasteiger partial charge in [0.1, 0.15) is 0 Å². The Kier molecular flexibility index (Phi) is 5.83. The summed E-state index contributed by atoms with van der Waals surface area (Å²) in [5.74, 6) is 0. The van der Waals surface area contributed by atoms with Crippen LogP contribution in [0, 0.1) is 5.41 Å². The van der Waals surface area contributed by atoms with Crippen molar-refractivity contribution in [1.82, 2.24) is 5.32 Å². The smallest absolute Gasteiger partial charge is 0.153 e. The summed E-state index contributed by atoms with van der Waals surface area (Å²) in [6, 6.07) is 0. The van der Waals surface area contributed by atoms with Gasteiger partial charge in [0.25, 0.3) is 0 Å². The second-order valence-corrected chi connectivity index (χ2v) is 2.63. The van der Waals surface area contributed by atoms with Crippen LogP contribution in [0.25, 0.3) is 0 Å². The summed E-state index contributed by atoms with van der Waals surface area (Å²) in [7, 11) is 0. The van der Waals surface area contributed by atoms with Gasteiger partial charge < -0.3 is 5.32 Å². The van der Waals surface area contributed by atoms with Crippen molar-refractivity contribution >= 4 is 16.9 Å². The quantitative estimate of drug-likeness (QED) is 0.361. The fourth-order valence-corrected chi connectivity index (χ4v) is 0.697. The van der Waals surface area contributed by atoms with Crippen LogP contribution in [0.1, 0.15) is 19.8 Å². The maximum atomic E-state index is 7.17. The molecule has 0 aliphatic heterocycles. The largest absolute Gasteiger partial charge is 0.365 e. The predicted octanol–water partition coefficient (Wildman–Crippen LogP) is 1.67. The van der Waals surface area contributed by atoms with Crippen LogP contribution in [0.3, 0.4) is 0 Å². The topological polar surface area (TPSA) is 35.9 Å². The Morgan fingerprint density at radius 2 is 2.33 bits per heavy atom. The monoisotopic (exact) mass is 146 g/mol. The molecule has 0 unspecified atom stereocenters. The van der Waals surface area contributed by atoms with Gasteiger partial charge in [0.15, 0.2) is 5.17 Å². The summed E-state index contributed by atoms with van der Waals surface area (Å²) >= 11 is 1.45. The van der Waals surface area contributed by atoms with E-state index in [1.54, 1.807) is 0 Å². The van der Waals surface area contributed by atoms with Crippen LogP contribution in [-0.4, -0.2) is 18.0 Å². The fourth-order valence-electron chi connectivity index (χ4n) is 0.451. The van der Waals surface area contributed by atoms with Gasteiger partial charge in [-0.1, -0.05) is 25.1 Å². The van der Waals surface area contributed by atoms with Crippen molar-refractivity contribution in [3.05, 3.63) is 0 Å². The first kappa shape index (κ1) is 8.82. The molecule has 9 heavy (non-hydrogen) atoms. The van der Waals surface area contributed by atoms with Crippen LogP contribution in [0.4, 0.5) is 0 Å². The van der Waals surface area contributed by atoms with E-state index >= 15 is 0 Å². The Morgan fingerprint density at radius 1 is 1.67 bits per heavy atom. The molecule has 0 bridgehead atoms. The number of thioether (sulfide) groups is 1. The highest BCUT2D eigenvalue weighted by Gasteiger charge is 1.88. The van der Waals surface area contributed by atoms with Gasteiger partial charge in [-0.05, 0) is 12.7 Å². The molecule has 2 N–H and O–H groups in total. The summed E-state index contributed by atoms with van der Waals surface area (Å²) in [5, 5.41) is 10.7. The SMILES string of the molecule is CCCCNC(=N)SC. The van der Waals surface area contributed by atoms with Crippen molar-refractivity contribution in [2.75, 3.05) is 12.8 Å². The van der Waals surface area contributed by atoms with Gasteiger partial charge in [0.2, 0.25) is 0 Å². The number of rotatable bonds is 3. The van der Waals surface area contributed by atoms with Gasteiger partial charge in [0, 0.05) is 6.54 Å². The van der Waals surface area contributed by atoms with Crippen LogP contribution >= 0.6 is 11.8 Å². The minimum Gasteiger partial charge on any atom is -0.365 e. The van der Waals surface area contributed by atoms with Gasteiger partial charge in [-0.2, -0.15) is 0 Å². The van der Waals surface area contributed by atoms with Gasteiger partial charge in [-0.25, -0.2) is 0 Å². The molecule has 3 heteroatoms. The van der Waals surface area contributed by atoms with Crippen LogP contribution in [0.5, 0.6) is 0 Å². The molecular weight excluding hydrogens is 132 g/mol. The first-order valence-electron chi connectivity index (χ1n) is 3.17. The highest BCUT2D eigenvalue weighted by atomic mass is 32.2. The molecule has 0 spiro atoms. The predicted molar refractivity (Wildman–Crippen MR) is 44.2 cm³/mol. The minimum absolute atomic E-state index is 0.573. The number of hydrogen-bond donors (Lipinski definition) is 2. The zero-order valence-corrected chi connectivity index (χ0v) is 6.85. The number of unbranched alkanes of at least 4 members (excludes halogenated alkanes) is 1. The Morgan fingerprint density at radius 3 is 2.78 bits per heavy atom. The lowest BCUT2D eigenvalue weighted by Crippen LogP contribution is -2.19. The van der Waals surface area contributed by atoms with Crippen molar-refractivity contribution in [3.8, 4) is 0 Å². The third-order valence-corrected chi connectivity index (χ3v) is 1.57. The molecule has 0 aromatic heterocycles. The van der Waals surface area contributed by atoms with E-state index in [1.165, 1.54) is 18.2 Å². The van der Waals surface area contributed by atoms with Crippen LogP contribution < -0.4 is 5.32 Å². The molecule has 0 radical (unpaired) electrons. The van der Waals surface area contributed by atoms with E-state index in [1.807, 2.05) is 6.26 Å². The summed E-state index contributed by atoms with van der Waals surface area (Å²) < 4.78 is 0. The minimum atomic E-state index is 0.573. The third kappa shape index (κ3) is 5.69. The number of hydrogen-bond acceptors (Lipinski definition) is 2. The highest BCUT2D eigenvalue weighted by molar-refractivity contribution is 8.13. The second kappa shape index (κ2) is 5.95. The lowest BCUT2D eigenvalue weighted by Gasteiger charge is -2.01. The molecule has 0 aliphatic rings. The van der Waals surface area contributed by atoms with Gasteiger partial charge >= 0.3 is 0 Å². The van der Waals surface area contributed by atoms with E-state index in [2.05, 4.69) is 12.2 Å². The molecule has 0 fully saturated rings. The summed E-state index contributed by atoms with van der Waals surface area (Å²) in [6.45, 7) is 3.08. The lowest BCUT2D eigenvalue weighted by atomic mass is 10.3. The normalized spacial score (nSPS) is 9.11. The third-order valence-electron chi connectivity index (χ3n) is 1.02. The van der Waals surface area contributed by atoms with Crippen molar-refractivity contribution in [3.63, 3.8) is 0 Å². The molecule has 0 aromatic rings. The summed E-state index contributed by atoms with van der Waals surface area (Å²) in [5.41, 5.74) is 0. The molecule has 2 nitrogen and oxygen atoms in total. The van der Waals surface area contributed by atoms with E-state index < -0.39 is 0 Å². The van der Waals surface area contributed by atoms with Gasteiger partial charge in [-0.15, -0.1) is 0 Å². The van der Waals surface area contributed by atoms with E-state index in [4.69, 9.17) is 5.41 Å². The summed E-state index contributed by atoms with van der Waals surface area (Å²) in [4.78, 5) is 0. The Labute approximate surface area is 60.9 Å². The van der Waals surface area contributed by atoms with E-state index in [0.29, 0.717) is 5.17 Å². The molecule has 0 saturated carbocycles. The second-order valence-electron chi connectivity index (χ2n) is 1.81. The Hall–Kier alpha value is -0.180. The molecule has 0 atom stereocenters. The first-order chi connectivity index (χ1) is 4.31. The average molecular weight is 146 g/mol. The van der Waals surface area contributed by atoms with Gasteiger partial charge in [0.05, 0.1) is 0 Å². The van der Waals surface area contributed by atoms with Crippen LogP contribution in [0.15, 0.2) is 0 Å². The zero-order chi connectivity index (χ0) is 7.11. The highest BCUT2D eigenvalue weighted by Crippen LogP contribution is 1.91. The zero-order valence-electron chi connectivity index (χ0n) is 6.03. The average Bonchev–Trinajstić information content (AvgIpc) is 1.89. The molecule has 0 aromatic carbocycles. The van der Waals surface area contributed by atoms with Crippen molar-refractivity contribution in [1.29, 1.82) is 5.41 Å². The number of amidine groups is 1. The molecule has 54 valence electrons. The lowest BCUT2D eigenvalue weighted by molar-refractivity contribution is 0.757. The van der Waals surface area contributed by atoms with Crippen molar-refractivity contribution in [2.24, 2.45) is 0 Å². The van der Waals surface area contributed by atoms with E-state index in [9.17, 15) is 0 Å². The van der Waals surface area contributed by atoms with E-state index in [0.717, 1.165) is 13.0 Å². The van der Waals surface area contributed by atoms with Crippen molar-refractivity contribution in [2.45, 2.75) is 19.8 Å². The Bertz CT molecular complexity index is 83.1. The molecule has 0 saturated heterocycles. The maximum absolute atomic E-state index is 7.17. The molecule has 0 amide bonds. The van der Waals surface area contributed by atoms with Gasteiger partial charge in [-0.3, -0.25) is 5.41 Å². The van der Waals surface area contributed by atoms with E-state index in [-0.39, 0.29) is 0 Å². The number of nitrogens with one attached hydrogen (secondary N) is 2. The standard InChI is InChI=1S/C6H14N2S/c1-3-4-5-8-6(7)9-2/h3-5H2,1-2H3,(H2,7,8). The molecular formula is C6H14N2S. The maximum Gasteiger partial charge on any atom is 0.153 e. The molecule has 0 heterocycles. The van der Waals surface area contributed by atoms with Crippen molar-refractivity contribution < 1.29 is 0 Å².